The van der Waals surface area contributed by atoms with Crippen LogP contribution in [0.4, 0.5) is 0 Å². The molecule has 0 atom stereocenters. The average molecular weight is 1380 g/mol. The third-order valence-corrected chi connectivity index (χ3v) is 24.9. The number of nitrogens with zero attached hydrogens (tertiary/aromatic N) is 18. The standard InChI is InChI=1S/C70H30N18S8/c1-11-31-41-43(47(65-83-57-35(91-65)15-5-25-75-57)51(69-87-61-39(95-69)19-9-29-79-61)49(67-85-59-37(93-67)17-7-27-77-59)45(41)63-81-55-33(89-63)13-3-23-73-55)54-32(12-2-22-72-54)42-44(53(31)71-21-1)48(66-84-58-36(92-66)16-6-26-76-58)52(70-88-62-40(96-70)20-10-30-80-62)50(68-86-60-38(94-68)18-8-28-78-60)46(42)64-82-56-34(90-64)14-4-24-74-56/h1-30H. The maximum absolute atomic E-state index is 5.79. The van der Waals surface area contributed by atoms with Crippen LogP contribution >= 0.6 is 90.7 Å². The molecule has 448 valence electrons. The molecule has 21 rings (SSSR count). The molecule has 2 aromatic carbocycles. The molecule has 0 radical (unpaired) electrons. The van der Waals surface area contributed by atoms with Gasteiger partial charge in [-0.3, -0.25) is 9.97 Å². The van der Waals surface area contributed by atoms with Crippen LogP contribution in [0.15, 0.2) is 183 Å². The lowest BCUT2D eigenvalue weighted by molar-refractivity contribution is 1.27. The molecule has 96 heavy (non-hydrogen) atoms. The highest BCUT2D eigenvalue weighted by molar-refractivity contribution is 7.25. The van der Waals surface area contributed by atoms with Gasteiger partial charge in [0.1, 0.15) is 40.1 Å². The van der Waals surface area contributed by atoms with Crippen molar-refractivity contribution in [2.24, 2.45) is 0 Å². The van der Waals surface area contributed by atoms with Gasteiger partial charge in [-0.2, -0.15) is 0 Å². The third-order valence-electron chi connectivity index (χ3n) is 16.7. The SMILES string of the molecule is c1cnc2c(c1)-c1c(-c3nc4ncccc4s3)c(-c3nc4ncccc4s3)c(-c3nc4ncccc4s3)c(-c3nc4ncccc4s3)c1-c1ncccc1-c1c(-c3nc4ncccc4s3)c(-c3nc4ncccc4s3)c(-c3nc4ncccc4s3)c(-c3nc4ncccc4s3)c1-2. The van der Waals surface area contributed by atoms with Crippen LogP contribution in [-0.4, -0.2) is 89.7 Å². The van der Waals surface area contributed by atoms with Gasteiger partial charge in [0.05, 0.1) is 49.0 Å². The second-order valence-electron chi connectivity index (χ2n) is 22.1. The van der Waals surface area contributed by atoms with Crippen molar-refractivity contribution in [3.8, 4) is 129 Å². The lowest BCUT2D eigenvalue weighted by Crippen LogP contribution is -2.09. The molecule has 0 saturated carbocycles. The topological polar surface area (TPSA) is 232 Å². The van der Waals surface area contributed by atoms with E-state index in [0.717, 1.165) is 115 Å². The van der Waals surface area contributed by atoms with Crippen LogP contribution in [0.25, 0.3) is 212 Å². The Morgan fingerprint density at radius 1 is 0.167 bits per heavy atom. The second kappa shape index (κ2) is 21.3. The van der Waals surface area contributed by atoms with Gasteiger partial charge in [0.15, 0.2) is 45.2 Å². The van der Waals surface area contributed by atoms with E-state index in [0.29, 0.717) is 96.6 Å². The highest BCUT2D eigenvalue weighted by Gasteiger charge is 2.42. The Morgan fingerprint density at radius 2 is 0.333 bits per heavy atom. The van der Waals surface area contributed by atoms with Crippen molar-refractivity contribution in [2.75, 3.05) is 0 Å². The normalized spacial score (nSPS) is 12.2. The number of benzene rings is 2. The third kappa shape index (κ3) is 8.33. The molecule has 0 N–H and O–H groups in total. The number of pyridine rings is 10. The first-order valence-electron chi connectivity index (χ1n) is 29.7. The predicted octanol–water partition coefficient (Wildman–Crippen LogP) is 18.8. The molecule has 0 fully saturated rings. The number of rotatable bonds is 8. The highest BCUT2D eigenvalue weighted by Crippen LogP contribution is 2.65. The molecule has 20 aromatic rings. The predicted molar refractivity (Wildman–Crippen MR) is 389 cm³/mol. The van der Waals surface area contributed by atoms with E-state index in [-0.39, 0.29) is 0 Å². The van der Waals surface area contributed by atoms with E-state index in [1.54, 1.807) is 140 Å². The highest BCUT2D eigenvalue weighted by atomic mass is 32.1. The lowest BCUT2D eigenvalue weighted by atomic mass is 9.74. The Bertz CT molecular complexity index is 5620. The van der Waals surface area contributed by atoms with Gasteiger partial charge >= 0.3 is 0 Å². The first-order valence-corrected chi connectivity index (χ1v) is 36.2. The summed E-state index contributed by atoms with van der Waals surface area (Å²) < 4.78 is 7.13. The monoisotopic (exact) mass is 1380 g/mol. The van der Waals surface area contributed by atoms with Crippen LogP contribution in [-0.2, 0) is 0 Å². The number of aromatic nitrogens is 18. The fourth-order valence-corrected chi connectivity index (χ4v) is 20.7. The van der Waals surface area contributed by atoms with Crippen LogP contribution in [0, 0.1) is 0 Å². The molecule has 0 aliphatic heterocycles. The van der Waals surface area contributed by atoms with Gasteiger partial charge in [-0.1, -0.05) is 12.1 Å². The Labute approximate surface area is 571 Å². The molecule has 0 unspecified atom stereocenters. The number of thiazole rings is 8. The first-order chi connectivity index (χ1) is 47.6. The molecular formula is C70H30N18S8. The zero-order valence-electron chi connectivity index (χ0n) is 48.6. The summed E-state index contributed by atoms with van der Waals surface area (Å²) in [5.41, 5.74) is 16.5. The van der Waals surface area contributed by atoms with Gasteiger partial charge in [0.25, 0.3) is 0 Å². The summed E-state index contributed by atoms with van der Waals surface area (Å²) in [6.45, 7) is 0. The molecule has 26 heteroatoms. The summed E-state index contributed by atoms with van der Waals surface area (Å²) in [6, 6.07) is 40.4. The van der Waals surface area contributed by atoms with Crippen LogP contribution in [0.5, 0.6) is 0 Å². The fourth-order valence-electron chi connectivity index (χ4n) is 12.8. The van der Waals surface area contributed by atoms with Gasteiger partial charge in [0.2, 0.25) is 0 Å². The first kappa shape index (κ1) is 54.5. The number of hydrogen-bond acceptors (Lipinski definition) is 26. The molecule has 1 aliphatic rings. The molecular weight excluding hydrogens is 1350 g/mol. The molecule has 0 amide bonds. The summed E-state index contributed by atoms with van der Waals surface area (Å²) >= 11 is 12.4. The molecule has 18 nitrogen and oxygen atoms in total. The van der Waals surface area contributed by atoms with Crippen LogP contribution < -0.4 is 0 Å². The van der Waals surface area contributed by atoms with Crippen molar-refractivity contribution in [2.45, 2.75) is 0 Å². The summed E-state index contributed by atoms with van der Waals surface area (Å²) in [4.78, 5) is 95.4. The van der Waals surface area contributed by atoms with Crippen LogP contribution in [0.1, 0.15) is 0 Å². The Hall–Kier alpha value is -10.9. The smallest absolute Gasteiger partial charge is 0.170 e. The molecule has 0 bridgehead atoms. The number of fused-ring (bicyclic) bond motifs is 16. The maximum Gasteiger partial charge on any atom is 0.170 e. The van der Waals surface area contributed by atoms with E-state index >= 15 is 0 Å². The van der Waals surface area contributed by atoms with Gasteiger partial charge in [-0.15, -0.1) is 90.7 Å². The summed E-state index contributed by atoms with van der Waals surface area (Å²) in [5.74, 6) is 0. The molecule has 0 saturated heterocycles. The van der Waals surface area contributed by atoms with Gasteiger partial charge in [0, 0.05) is 140 Å². The fraction of sp³-hybridized carbons (Fsp3) is 0. The van der Waals surface area contributed by atoms with Crippen LogP contribution in [0.2, 0.25) is 0 Å². The van der Waals surface area contributed by atoms with Crippen molar-refractivity contribution < 1.29 is 0 Å². The molecule has 0 spiro atoms. The minimum atomic E-state index is 0.587. The lowest BCUT2D eigenvalue weighted by Gasteiger charge is -2.31. The van der Waals surface area contributed by atoms with Gasteiger partial charge < -0.3 is 0 Å². The van der Waals surface area contributed by atoms with Crippen LogP contribution in [0.3, 0.4) is 0 Å². The molecule has 18 heterocycles. The zero-order chi connectivity index (χ0) is 62.7. The average Bonchev–Trinajstić information content (AvgIpc) is 1.12. The van der Waals surface area contributed by atoms with Crippen molar-refractivity contribution in [1.82, 2.24) is 89.7 Å². The van der Waals surface area contributed by atoms with Gasteiger partial charge in [-0.25, -0.2) is 79.7 Å². The van der Waals surface area contributed by atoms with E-state index in [1.165, 1.54) is 0 Å². The Balaban J connectivity index is 1.05. The van der Waals surface area contributed by atoms with E-state index in [2.05, 4.69) is 60.7 Å². The van der Waals surface area contributed by atoms with Crippen molar-refractivity contribution in [3.63, 3.8) is 0 Å². The molecule has 18 aromatic heterocycles. The summed E-state index contributed by atoms with van der Waals surface area (Å²) in [6.07, 6.45) is 18.0. The minimum Gasteiger partial charge on any atom is -0.256 e. The number of hydrogen-bond donors (Lipinski definition) is 0. The van der Waals surface area contributed by atoms with E-state index in [1.807, 2.05) is 73.1 Å². The molecule has 1 aliphatic carbocycles. The second-order valence-corrected chi connectivity index (χ2v) is 30.3. The van der Waals surface area contributed by atoms with Crippen molar-refractivity contribution >= 4 is 173 Å². The quantitative estimate of drug-likeness (QED) is 0.138. The Morgan fingerprint density at radius 3 is 0.531 bits per heavy atom. The maximum atomic E-state index is 5.79. The summed E-state index contributed by atoms with van der Waals surface area (Å²) in [7, 11) is 0. The van der Waals surface area contributed by atoms with E-state index in [4.69, 9.17) is 89.7 Å². The Kier molecular flexibility index (Phi) is 12.1. The van der Waals surface area contributed by atoms with Crippen molar-refractivity contribution in [1.29, 1.82) is 0 Å². The van der Waals surface area contributed by atoms with Crippen molar-refractivity contribution in [3.05, 3.63) is 183 Å². The zero-order valence-corrected chi connectivity index (χ0v) is 55.2. The van der Waals surface area contributed by atoms with Gasteiger partial charge in [-0.05, 0) is 109 Å². The van der Waals surface area contributed by atoms with E-state index in [9.17, 15) is 0 Å². The minimum absolute atomic E-state index is 0.587. The van der Waals surface area contributed by atoms with E-state index < -0.39 is 0 Å². The largest absolute Gasteiger partial charge is 0.256 e. The summed E-state index contributed by atoms with van der Waals surface area (Å²) in [5, 5.41) is 5.42.